The molecule has 0 aliphatic rings. The van der Waals surface area contributed by atoms with Gasteiger partial charge in [-0.2, -0.15) is 0 Å². The maximum absolute atomic E-state index is 12.8. The summed E-state index contributed by atoms with van der Waals surface area (Å²) in [6.07, 6.45) is 63.2. The van der Waals surface area contributed by atoms with E-state index in [-0.39, 0.29) is 31.1 Å². The van der Waals surface area contributed by atoms with E-state index in [0.29, 0.717) is 19.3 Å². The Bertz CT molecular complexity index is 1050. The zero-order valence-electron chi connectivity index (χ0n) is 43.8. The lowest BCUT2D eigenvalue weighted by atomic mass is 10.0. The van der Waals surface area contributed by atoms with E-state index in [4.69, 9.17) is 14.2 Å². The molecule has 6 nitrogen and oxygen atoms in total. The van der Waals surface area contributed by atoms with Gasteiger partial charge in [-0.15, -0.1) is 0 Å². The minimum atomic E-state index is -0.771. The minimum Gasteiger partial charge on any atom is -0.462 e. The van der Waals surface area contributed by atoms with Crippen molar-refractivity contribution in [3.8, 4) is 0 Å². The molecular formula is C59H110O6. The number of esters is 3. The van der Waals surface area contributed by atoms with Crippen LogP contribution in [0.25, 0.3) is 0 Å². The van der Waals surface area contributed by atoms with Crippen LogP contribution in [0.3, 0.4) is 0 Å². The standard InChI is InChI=1S/C59H110O6/c1-4-7-10-13-16-19-22-25-27-29-31-32-34-37-40-43-46-49-52-58(61)64-55-56(54-63-57(60)51-48-45-42-39-36-24-21-18-15-12-9-6-3)65-59(62)53-50-47-44-41-38-35-33-30-28-26-23-20-17-14-11-8-5-2/h9,12,18,21,56H,4-8,10-11,13-17,19-20,22-55H2,1-3H3/b12-9-,21-18-. The molecular weight excluding hydrogens is 805 g/mol. The van der Waals surface area contributed by atoms with E-state index >= 15 is 0 Å². The maximum Gasteiger partial charge on any atom is 0.306 e. The first-order chi connectivity index (χ1) is 32.0. The molecule has 0 aromatic carbocycles. The van der Waals surface area contributed by atoms with Crippen molar-refractivity contribution in [2.75, 3.05) is 13.2 Å². The number of hydrogen-bond acceptors (Lipinski definition) is 6. The molecule has 0 aromatic rings. The van der Waals surface area contributed by atoms with Gasteiger partial charge in [0.25, 0.3) is 0 Å². The number of rotatable bonds is 53. The van der Waals surface area contributed by atoms with Crippen LogP contribution in [0.4, 0.5) is 0 Å². The highest BCUT2D eigenvalue weighted by Gasteiger charge is 2.19. The third-order valence-electron chi connectivity index (χ3n) is 13.0. The van der Waals surface area contributed by atoms with E-state index in [2.05, 4.69) is 45.1 Å². The molecule has 6 heteroatoms. The van der Waals surface area contributed by atoms with Gasteiger partial charge in [0.05, 0.1) is 0 Å². The Hall–Kier alpha value is -2.11. The molecule has 382 valence electrons. The Kier molecular flexibility index (Phi) is 52.7. The molecule has 0 heterocycles. The number of allylic oxidation sites excluding steroid dienone is 4. The predicted octanol–water partition coefficient (Wildman–Crippen LogP) is 19.1. The molecule has 0 rings (SSSR count). The minimum absolute atomic E-state index is 0.0702. The average Bonchev–Trinajstić information content (AvgIpc) is 3.30. The lowest BCUT2D eigenvalue weighted by Crippen LogP contribution is -2.30. The Morgan fingerprint density at radius 2 is 0.600 bits per heavy atom. The van der Waals surface area contributed by atoms with Crippen LogP contribution in [0.5, 0.6) is 0 Å². The SMILES string of the molecule is CC/C=C\C/C=C\CCCCCCCC(=O)OCC(COC(=O)CCCCCCCCCCCCCCCCCCCC)OC(=O)CCCCCCCCCCCCCCCCCCC. The second-order valence-electron chi connectivity index (χ2n) is 19.5. The van der Waals surface area contributed by atoms with Crippen LogP contribution in [0.2, 0.25) is 0 Å². The first kappa shape index (κ1) is 62.9. The number of carbonyl (C=O) groups excluding carboxylic acids is 3. The maximum atomic E-state index is 12.8. The summed E-state index contributed by atoms with van der Waals surface area (Å²) in [5.41, 5.74) is 0. The number of ether oxygens (including phenoxy) is 3. The zero-order chi connectivity index (χ0) is 47.2. The van der Waals surface area contributed by atoms with Gasteiger partial charge >= 0.3 is 17.9 Å². The van der Waals surface area contributed by atoms with Crippen molar-refractivity contribution < 1.29 is 28.6 Å². The largest absolute Gasteiger partial charge is 0.462 e. The Labute approximate surface area is 404 Å². The fourth-order valence-corrected chi connectivity index (χ4v) is 8.66. The van der Waals surface area contributed by atoms with Gasteiger partial charge in [-0.1, -0.05) is 276 Å². The van der Waals surface area contributed by atoms with Gasteiger partial charge in [0, 0.05) is 19.3 Å². The monoisotopic (exact) mass is 915 g/mol. The van der Waals surface area contributed by atoms with Gasteiger partial charge in [0.2, 0.25) is 0 Å². The number of unbranched alkanes of at least 4 members (excludes halogenated alkanes) is 38. The van der Waals surface area contributed by atoms with Gasteiger partial charge in [0.1, 0.15) is 13.2 Å². The highest BCUT2D eigenvalue weighted by Crippen LogP contribution is 2.17. The molecule has 65 heavy (non-hydrogen) atoms. The quantitative estimate of drug-likeness (QED) is 0.0262. The molecule has 0 spiro atoms. The smallest absolute Gasteiger partial charge is 0.306 e. The second kappa shape index (κ2) is 54.5. The van der Waals surface area contributed by atoms with Crippen LogP contribution < -0.4 is 0 Å². The molecule has 0 saturated heterocycles. The van der Waals surface area contributed by atoms with Crippen molar-refractivity contribution in [2.45, 2.75) is 322 Å². The molecule has 1 unspecified atom stereocenters. The predicted molar refractivity (Wildman–Crippen MR) is 279 cm³/mol. The molecule has 0 N–H and O–H groups in total. The summed E-state index contributed by atoms with van der Waals surface area (Å²) in [5.74, 6) is -0.864. The van der Waals surface area contributed by atoms with Crippen LogP contribution in [-0.4, -0.2) is 37.2 Å². The van der Waals surface area contributed by atoms with Crippen LogP contribution in [0, 0.1) is 0 Å². The van der Waals surface area contributed by atoms with Gasteiger partial charge < -0.3 is 14.2 Å². The van der Waals surface area contributed by atoms with Crippen LogP contribution in [0.1, 0.15) is 316 Å². The van der Waals surface area contributed by atoms with Crippen molar-refractivity contribution in [2.24, 2.45) is 0 Å². The van der Waals surface area contributed by atoms with Gasteiger partial charge in [0.15, 0.2) is 6.10 Å². The van der Waals surface area contributed by atoms with Crippen molar-refractivity contribution in [3.63, 3.8) is 0 Å². The number of carbonyl (C=O) groups is 3. The molecule has 0 aromatic heterocycles. The van der Waals surface area contributed by atoms with Crippen LogP contribution in [-0.2, 0) is 28.6 Å². The van der Waals surface area contributed by atoms with E-state index < -0.39 is 6.10 Å². The van der Waals surface area contributed by atoms with Crippen LogP contribution in [0.15, 0.2) is 24.3 Å². The molecule has 0 radical (unpaired) electrons. The van der Waals surface area contributed by atoms with E-state index in [0.717, 1.165) is 83.5 Å². The van der Waals surface area contributed by atoms with E-state index in [1.165, 1.54) is 193 Å². The van der Waals surface area contributed by atoms with Crippen molar-refractivity contribution in [1.29, 1.82) is 0 Å². The highest BCUT2D eigenvalue weighted by molar-refractivity contribution is 5.71. The lowest BCUT2D eigenvalue weighted by Gasteiger charge is -2.18. The van der Waals surface area contributed by atoms with E-state index in [1.54, 1.807) is 0 Å². The van der Waals surface area contributed by atoms with Gasteiger partial charge in [-0.3, -0.25) is 14.4 Å². The first-order valence-electron chi connectivity index (χ1n) is 28.8. The third-order valence-corrected chi connectivity index (χ3v) is 13.0. The molecule has 0 aliphatic carbocycles. The van der Waals surface area contributed by atoms with Gasteiger partial charge in [-0.25, -0.2) is 0 Å². The third kappa shape index (κ3) is 52.7. The summed E-state index contributed by atoms with van der Waals surface area (Å²) in [4.78, 5) is 38.1. The summed E-state index contributed by atoms with van der Waals surface area (Å²) >= 11 is 0. The van der Waals surface area contributed by atoms with Crippen molar-refractivity contribution in [1.82, 2.24) is 0 Å². The fraction of sp³-hybridized carbons (Fsp3) is 0.881. The molecule has 0 amide bonds. The zero-order valence-corrected chi connectivity index (χ0v) is 43.8. The molecule has 0 aliphatic heterocycles. The Balaban J connectivity index is 4.29. The lowest BCUT2D eigenvalue weighted by molar-refractivity contribution is -0.167. The topological polar surface area (TPSA) is 78.9 Å². The first-order valence-corrected chi connectivity index (χ1v) is 28.8. The molecule has 0 saturated carbocycles. The highest BCUT2D eigenvalue weighted by atomic mass is 16.6. The summed E-state index contributed by atoms with van der Waals surface area (Å²) in [5, 5.41) is 0. The van der Waals surface area contributed by atoms with Crippen molar-refractivity contribution in [3.05, 3.63) is 24.3 Å². The van der Waals surface area contributed by atoms with Gasteiger partial charge in [-0.05, 0) is 44.9 Å². The molecule has 0 bridgehead atoms. The van der Waals surface area contributed by atoms with E-state index in [1.807, 2.05) is 0 Å². The fourth-order valence-electron chi connectivity index (χ4n) is 8.66. The van der Waals surface area contributed by atoms with E-state index in [9.17, 15) is 14.4 Å². The second-order valence-corrected chi connectivity index (χ2v) is 19.5. The average molecular weight is 916 g/mol. The summed E-state index contributed by atoms with van der Waals surface area (Å²) in [6.45, 7) is 6.57. The Morgan fingerprint density at radius 3 is 0.923 bits per heavy atom. The number of hydrogen-bond donors (Lipinski definition) is 0. The summed E-state index contributed by atoms with van der Waals surface area (Å²) in [7, 11) is 0. The molecule has 0 fully saturated rings. The normalized spacial score (nSPS) is 12.1. The summed E-state index contributed by atoms with van der Waals surface area (Å²) in [6, 6.07) is 0. The molecule has 1 atom stereocenters. The van der Waals surface area contributed by atoms with Crippen LogP contribution >= 0.6 is 0 Å². The Morgan fingerprint density at radius 1 is 0.323 bits per heavy atom. The summed E-state index contributed by atoms with van der Waals surface area (Å²) < 4.78 is 16.9. The van der Waals surface area contributed by atoms with Crippen molar-refractivity contribution >= 4 is 17.9 Å².